The number of nitrogens with zero attached hydrogens (tertiary/aromatic N) is 1. The SMILES string of the molecule is Cc1ccc(-c2nc(C)c(C)c(=O)[nH]2)cc1. The van der Waals surface area contributed by atoms with Gasteiger partial charge in [0.25, 0.3) is 5.56 Å². The van der Waals surface area contributed by atoms with Crippen molar-refractivity contribution < 1.29 is 0 Å². The molecule has 0 atom stereocenters. The lowest BCUT2D eigenvalue weighted by Crippen LogP contribution is -2.14. The molecule has 1 heterocycles. The average Bonchev–Trinajstić information content (AvgIpc) is 2.26. The second-order valence-electron chi connectivity index (χ2n) is 3.99. The molecule has 1 aromatic carbocycles. The van der Waals surface area contributed by atoms with Crippen molar-refractivity contribution in [3.8, 4) is 11.4 Å². The third-order valence-electron chi connectivity index (χ3n) is 2.72. The predicted octanol–water partition coefficient (Wildman–Crippen LogP) is 2.36. The first-order chi connectivity index (χ1) is 7.58. The molecule has 0 unspecified atom stereocenters. The standard InChI is InChI=1S/C13H14N2O/c1-8-4-6-11(7-5-8)12-14-10(3)9(2)13(16)15-12/h4-7H,1-3H3,(H,14,15,16). The van der Waals surface area contributed by atoms with Crippen LogP contribution in [0.15, 0.2) is 29.1 Å². The highest BCUT2D eigenvalue weighted by molar-refractivity contribution is 5.55. The van der Waals surface area contributed by atoms with E-state index in [1.54, 1.807) is 6.92 Å². The molecule has 0 bridgehead atoms. The molecule has 3 nitrogen and oxygen atoms in total. The number of aromatic amines is 1. The molecule has 3 heteroatoms. The molecule has 0 aliphatic heterocycles. The zero-order valence-corrected chi connectivity index (χ0v) is 9.66. The molecule has 82 valence electrons. The van der Waals surface area contributed by atoms with Gasteiger partial charge in [0.1, 0.15) is 5.82 Å². The first-order valence-electron chi connectivity index (χ1n) is 5.22. The molecule has 0 aliphatic carbocycles. The van der Waals surface area contributed by atoms with Gasteiger partial charge in [-0.05, 0) is 20.8 Å². The number of hydrogen-bond acceptors (Lipinski definition) is 2. The molecule has 0 amide bonds. The van der Waals surface area contributed by atoms with Crippen LogP contribution in [0.5, 0.6) is 0 Å². The monoisotopic (exact) mass is 214 g/mol. The van der Waals surface area contributed by atoms with Crippen molar-refractivity contribution >= 4 is 0 Å². The summed E-state index contributed by atoms with van der Waals surface area (Å²) in [6.07, 6.45) is 0. The normalized spacial score (nSPS) is 10.4. The summed E-state index contributed by atoms with van der Waals surface area (Å²) in [5, 5.41) is 0. The quantitative estimate of drug-likeness (QED) is 0.792. The van der Waals surface area contributed by atoms with E-state index in [1.165, 1.54) is 5.56 Å². The lowest BCUT2D eigenvalue weighted by atomic mass is 10.1. The zero-order valence-electron chi connectivity index (χ0n) is 9.66. The molecule has 0 saturated heterocycles. The highest BCUT2D eigenvalue weighted by Crippen LogP contribution is 2.14. The van der Waals surface area contributed by atoms with Crippen molar-refractivity contribution in [1.82, 2.24) is 9.97 Å². The summed E-state index contributed by atoms with van der Waals surface area (Å²) in [6.45, 7) is 5.66. The van der Waals surface area contributed by atoms with Crippen LogP contribution in [0.25, 0.3) is 11.4 Å². The minimum Gasteiger partial charge on any atom is -0.306 e. The summed E-state index contributed by atoms with van der Waals surface area (Å²) in [4.78, 5) is 18.8. The van der Waals surface area contributed by atoms with E-state index >= 15 is 0 Å². The van der Waals surface area contributed by atoms with Crippen LogP contribution in [-0.2, 0) is 0 Å². The number of nitrogens with one attached hydrogen (secondary N) is 1. The molecule has 0 fully saturated rings. The van der Waals surface area contributed by atoms with Crippen molar-refractivity contribution in [2.24, 2.45) is 0 Å². The van der Waals surface area contributed by atoms with Crippen molar-refractivity contribution in [2.45, 2.75) is 20.8 Å². The summed E-state index contributed by atoms with van der Waals surface area (Å²) in [7, 11) is 0. The molecule has 0 saturated carbocycles. The number of hydrogen-bond donors (Lipinski definition) is 1. The Kier molecular flexibility index (Phi) is 2.60. The molecule has 0 radical (unpaired) electrons. The maximum Gasteiger partial charge on any atom is 0.254 e. The van der Waals surface area contributed by atoms with Crippen LogP contribution in [0, 0.1) is 20.8 Å². The van der Waals surface area contributed by atoms with E-state index in [0.29, 0.717) is 11.4 Å². The van der Waals surface area contributed by atoms with Crippen molar-refractivity contribution in [1.29, 1.82) is 0 Å². The summed E-state index contributed by atoms with van der Waals surface area (Å²) >= 11 is 0. The molecule has 0 spiro atoms. The maximum atomic E-state index is 11.6. The van der Waals surface area contributed by atoms with Gasteiger partial charge in [-0.1, -0.05) is 29.8 Å². The van der Waals surface area contributed by atoms with Crippen LogP contribution in [0.3, 0.4) is 0 Å². The highest BCUT2D eigenvalue weighted by Gasteiger charge is 2.05. The van der Waals surface area contributed by atoms with Crippen LogP contribution in [0.2, 0.25) is 0 Å². The molecule has 1 N–H and O–H groups in total. The first kappa shape index (κ1) is 10.6. The molecular weight excluding hydrogens is 200 g/mol. The molecule has 2 rings (SSSR count). The second kappa shape index (κ2) is 3.93. The van der Waals surface area contributed by atoms with Crippen LogP contribution in [-0.4, -0.2) is 9.97 Å². The Morgan fingerprint density at radius 3 is 2.25 bits per heavy atom. The van der Waals surface area contributed by atoms with E-state index in [2.05, 4.69) is 9.97 Å². The van der Waals surface area contributed by atoms with Crippen molar-refractivity contribution in [2.75, 3.05) is 0 Å². The van der Waals surface area contributed by atoms with Gasteiger partial charge in [0, 0.05) is 16.8 Å². The Labute approximate surface area is 94.2 Å². The van der Waals surface area contributed by atoms with E-state index < -0.39 is 0 Å². The van der Waals surface area contributed by atoms with Crippen LogP contribution < -0.4 is 5.56 Å². The molecular formula is C13H14N2O. The smallest absolute Gasteiger partial charge is 0.254 e. The fourth-order valence-electron chi connectivity index (χ4n) is 1.49. The first-order valence-corrected chi connectivity index (χ1v) is 5.22. The van der Waals surface area contributed by atoms with Crippen molar-refractivity contribution in [3.05, 3.63) is 51.4 Å². The van der Waals surface area contributed by atoms with E-state index in [-0.39, 0.29) is 5.56 Å². The van der Waals surface area contributed by atoms with E-state index in [1.807, 2.05) is 38.1 Å². The van der Waals surface area contributed by atoms with Gasteiger partial charge in [0.15, 0.2) is 0 Å². The Bertz CT molecular complexity index is 567. The topological polar surface area (TPSA) is 45.8 Å². The minimum atomic E-state index is -0.0666. The number of aromatic nitrogens is 2. The Morgan fingerprint density at radius 1 is 1.06 bits per heavy atom. The number of H-pyrrole nitrogens is 1. The lowest BCUT2D eigenvalue weighted by molar-refractivity contribution is 1.03. The van der Waals surface area contributed by atoms with Gasteiger partial charge in [-0.3, -0.25) is 4.79 Å². The number of benzene rings is 1. The Balaban J connectivity index is 2.57. The molecule has 2 aromatic rings. The van der Waals surface area contributed by atoms with Gasteiger partial charge < -0.3 is 4.98 Å². The van der Waals surface area contributed by atoms with Gasteiger partial charge in [-0.2, -0.15) is 0 Å². The summed E-state index contributed by atoms with van der Waals surface area (Å²) in [5.41, 5.74) is 3.51. The van der Waals surface area contributed by atoms with Gasteiger partial charge in [-0.15, -0.1) is 0 Å². The Hall–Kier alpha value is -1.90. The third kappa shape index (κ3) is 1.89. The summed E-state index contributed by atoms with van der Waals surface area (Å²) in [5.74, 6) is 0.633. The Morgan fingerprint density at radius 2 is 1.69 bits per heavy atom. The zero-order chi connectivity index (χ0) is 11.7. The van der Waals surface area contributed by atoms with Gasteiger partial charge in [0.05, 0.1) is 0 Å². The molecule has 1 aromatic heterocycles. The number of aryl methyl sites for hydroxylation is 2. The fraction of sp³-hybridized carbons (Fsp3) is 0.231. The predicted molar refractivity (Wildman–Crippen MR) is 64.5 cm³/mol. The van der Waals surface area contributed by atoms with Crippen molar-refractivity contribution in [3.63, 3.8) is 0 Å². The third-order valence-corrected chi connectivity index (χ3v) is 2.72. The van der Waals surface area contributed by atoms with Crippen LogP contribution >= 0.6 is 0 Å². The fourth-order valence-corrected chi connectivity index (χ4v) is 1.49. The molecule has 0 aliphatic rings. The average molecular weight is 214 g/mol. The van der Waals surface area contributed by atoms with Gasteiger partial charge in [0.2, 0.25) is 0 Å². The van der Waals surface area contributed by atoms with E-state index in [9.17, 15) is 4.79 Å². The van der Waals surface area contributed by atoms with Gasteiger partial charge >= 0.3 is 0 Å². The largest absolute Gasteiger partial charge is 0.306 e. The van der Waals surface area contributed by atoms with Gasteiger partial charge in [-0.25, -0.2) is 4.98 Å². The summed E-state index contributed by atoms with van der Waals surface area (Å²) < 4.78 is 0. The van der Waals surface area contributed by atoms with Crippen LogP contribution in [0.4, 0.5) is 0 Å². The minimum absolute atomic E-state index is 0.0666. The lowest BCUT2D eigenvalue weighted by Gasteiger charge is -2.04. The highest BCUT2D eigenvalue weighted by atomic mass is 16.1. The second-order valence-corrected chi connectivity index (χ2v) is 3.99. The molecule has 16 heavy (non-hydrogen) atoms. The van der Waals surface area contributed by atoms with E-state index in [4.69, 9.17) is 0 Å². The number of rotatable bonds is 1. The van der Waals surface area contributed by atoms with E-state index in [0.717, 1.165) is 11.3 Å². The maximum absolute atomic E-state index is 11.6. The van der Waals surface area contributed by atoms with Crippen LogP contribution in [0.1, 0.15) is 16.8 Å². The summed E-state index contributed by atoms with van der Waals surface area (Å²) in [6, 6.07) is 7.93.